The third-order valence-corrected chi connectivity index (χ3v) is 4.75. The quantitative estimate of drug-likeness (QED) is 0.870. The number of carboxylic acid groups (broad SMARTS) is 1. The van der Waals surface area contributed by atoms with Crippen LogP contribution in [-0.4, -0.2) is 34.5 Å². The molecule has 1 saturated carbocycles. The van der Waals surface area contributed by atoms with Crippen LogP contribution in [-0.2, 0) is 9.59 Å². The second-order valence-corrected chi connectivity index (χ2v) is 6.18. The van der Waals surface area contributed by atoms with Crippen LogP contribution in [0.5, 0.6) is 0 Å². The average Bonchev–Trinajstić information content (AvgIpc) is 3.17. The van der Waals surface area contributed by atoms with E-state index in [0.717, 1.165) is 12.0 Å². The Balaban J connectivity index is 1.76. The Morgan fingerprint density at radius 3 is 2.43 bits per heavy atom. The van der Waals surface area contributed by atoms with Gasteiger partial charge in [-0.15, -0.1) is 0 Å². The number of likely N-dealkylation sites (tertiary alicyclic amines) is 1. The third-order valence-electron chi connectivity index (χ3n) is 4.75. The number of carbonyl (C=O) groups excluding carboxylic acids is 1. The van der Waals surface area contributed by atoms with Gasteiger partial charge in [-0.1, -0.05) is 12.1 Å². The lowest BCUT2D eigenvalue weighted by Crippen LogP contribution is -2.42. The maximum absolute atomic E-state index is 13.0. The van der Waals surface area contributed by atoms with Gasteiger partial charge in [0.2, 0.25) is 5.91 Å². The van der Waals surface area contributed by atoms with E-state index in [1.54, 1.807) is 17.0 Å². The molecule has 0 unspecified atom stereocenters. The van der Waals surface area contributed by atoms with Crippen molar-refractivity contribution < 1.29 is 19.1 Å². The van der Waals surface area contributed by atoms with E-state index in [4.69, 9.17) is 0 Å². The van der Waals surface area contributed by atoms with Gasteiger partial charge in [0.15, 0.2) is 0 Å². The molecule has 1 N–H and O–H groups in total. The summed E-state index contributed by atoms with van der Waals surface area (Å²) in [5, 5.41) is 9.25. The molecule has 1 aromatic carbocycles. The highest BCUT2D eigenvalue weighted by molar-refractivity contribution is 6.05. The first-order valence-corrected chi connectivity index (χ1v) is 7.24. The van der Waals surface area contributed by atoms with Crippen molar-refractivity contribution in [1.29, 1.82) is 0 Å². The SMILES string of the molecule is C[C@@H]1C[C@@H](c2ccc(F)cc2)CN1C(=O)C1(C(=O)O)CC1. The molecule has 1 aliphatic carbocycles. The number of carbonyl (C=O) groups is 2. The zero-order valence-electron chi connectivity index (χ0n) is 11.9. The van der Waals surface area contributed by atoms with Crippen molar-refractivity contribution in [1.82, 2.24) is 4.90 Å². The van der Waals surface area contributed by atoms with Gasteiger partial charge in [0, 0.05) is 18.5 Å². The van der Waals surface area contributed by atoms with E-state index in [1.807, 2.05) is 6.92 Å². The molecule has 2 aliphatic rings. The lowest BCUT2D eigenvalue weighted by molar-refractivity contribution is -0.153. The Morgan fingerprint density at radius 2 is 1.90 bits per heavy atom. The second-order valence-electron chi connectivity index (χ2n) is 6.18. The van der Waals surface area contributed by atoms with Gasteiger partial charge in [-0.3, -0.25) is 9.59 Å². The second kappa shape index (κ2) is 4.83. The van der Waals surface area contributed by atoms with Gasteiger partial charge in [0.05, 0.1) is 0 Å². The smallest absolute Gasteiger partial charge is 0.319 e. The fourth-order valence-corrected chi connectivity index (χ4v) is 3.21. The van der Waals surface area contributed by atoms with E-state index in [9.17, 15) is 19.1 Å². The maximum atomic E-state index is 13.0. The molecule has 112 valence electrons. The largest absolute Gasteiger partial charge is 0.480 e. The molecule has 1 aliphatic heterocycles. The number of amides is 1. The summed E-state index contributed by atoms with van der Waals surface area (Å²) < 4.78 is 13.0. The minimum atomic E-state index is -1.17. The molecule has 0 aromatic heterocycles. The van der Waals surface area contributed by atoms with Crippen LogP contribution in [0.4, 0.5) is 4.39 Å². The normalized spacial score (nSPS) is 26.7. The van der Waals surface area contributed by atoms with Crippen LogP contribution in [0.15, 0.2) is 24.3 Å². The van der Waals surface area contributed by atoms with Crippen molar-refractivity contribution in [2.24, 2.45) is 5.41 Å². The summed E-state index contributed by atoms with van der Waals surface area (Å²) in [4.78, 5) is 25.5. The van der Waals surface area contributed by atoms with Gasteiger partial charge in [0.25, 0.3) is 0 Å². The lowest BCUT2D eigenvalue weighted by atomic mass is 9.97. The van der Waals surface area contributed by atoms with E-state index in [2.05, 4.69) is 0 Å². The Hall–Kier alpha value is -1.91. The molecular weight excluding hydrogens is 273 g/mol. The van der Waals surface area contributed by atoms with Crippen molar-refractivity contribution >= 4 is 11.9 Å². The summed E-state index contributed by atoms with van der Waals surface area (Å²) in [6.45, 7) is 2.46. The predicted octanol–water partition coefficient (Wildman–Crippen LogP) is 2.39. The van der Waals surface area contributed by atoms with Crippen molar-refractivity contribution in [2.45, 2.75) is 38.1 Å². The molecule has 1 saturated heterocycles. The number of hydrogen-bond donors (Lipinski definition) is 1. The van der Waals surface area contributed by atoms with Gasteiger partial charge in [-0.2, -0.15) is 0 Å². The number of benzene rings is 1. The molecular formula is C16H18FNO3. The summed E-state index contributed by atoms with van der Waals surface area (Å²) in [5.74, 6) is -1.40. The van der Waals surface area contributed by atoms with Crippen molar-refractivity contribution in [3.63, 3.8) is 0 Å². The third kappa shape index (κ3) is 2.30. The highest BCUT2D eigenvalue weighted by atomic mass is 19.1. The summed E-state index contributed by atoms with van der Waals surface area (Å²) >= 11 is 0. The van der Waals surface area contributed by atoms with Crippen LogP contribution in [0.3, 0.4) is 0 Å². The number of carboxylic acids is 1. The van der Waals surface area contributed by atoms with Crippen LogP contribution >= 0.6 is 0 Å². The molecule has 1 aromatic rings. The van der Waals surface area contributed by atoms with Crippen LogP contribution < -0.4 is 0 Å². The van der Waals surface area contributed by atoms with Crippen molar-refractivity contribution in [2.75, 3.05) is 6.54 Å². The van der Waals surface area contributed by atoms with E-state index in [-0.39, 0.29) is 23.7 Å². The fourth-order valence-electron chi connectivity index (χ4n) is 3.21. The molecule has 5 heteroatoms. The first-order chi connectivity index (χ1) is 9.94. The Morgan fingerprint density at radius 1 is 1.29 bits per heavy atom. The molecule has 2 atom stereocenters. The average molecular weight is 291 g/mol. The van der Waals surface area contributed by atoms with E-state index in [1.165, 1.54) is 12.1 Å². The molecule has 21 heavy (non-hydrogen) atoms. The van der Waals surface area contributed by atoms with Crippen LogP contribution in [0.1, 0.15) is 37.7 Å². The standard InChI is InChI=1S/C16H18FNO3/c1-10-8-12(11-2-4-13(17)5-3-11)9-18(10)14(19)16(6-7-16)15(20)21/h2-5,10,12H,6-9H2,1H3,(H,20,21)/t10-,12-/m1/s1. The van der Waals surface area contributed by atoms with Crippen molar-refractivity contribution in [3.8, 4) is 0 Å². The first kappa shape index (κ1) is 14.0. The maximum Gasteiger partial charge on any atom is 0.319 e. The zero-order chi connectivity index (χ0) is 15.2. The minimum Gasteiger partial charge on any atom is -0.480 e. The van der Waals surface area contributed by atoms with Gasteiger partial charge in [-0.05, 0) is 43.9 Å². The summed E-state index contributed by atoms with van der Waals surface area (Å²) in [6.07, 6.45) is 1.66. The monoisotopic (exact) mass is 291 g/mol. The molecule has 1 amide bonds. The highest BCUT2D eigenvalue weighted by Crippen LogP contribution is 2.49. The van der Waals surface area contributed by atoms with Crippen LogP contribution in [0.2, 0.25) is 0 Å². The number of halogens is 1. The van der Waals surface area contributed by atoms with Gasteiger partial charge < -0.3 is 10.0 Å². The molecule has 4 nitrogen and oxygen atoms in total. The molecule has 0 radical (unpaired) electrons. The number of nitrogens with zero attached hydrogens (tertiary/aromatic N) is 1. The Labute approximate surface area is 122 Å². The summed E-state index contributed by atoms with van der Waals surface area (Å²) in [5.41, 5.74) is -0.176. The van der Waals surface area contributed by atoms with Crippen LogP contribution in [0.25, 0.3) is 0 Å². The van der Waals surface area contributed by atoms with Gasteiger partial charge in [0.1, 0.15) is 11.2 Å². The molecule has 0 bridgehead atoms. The topological polar surface area (TPSA) is 57.6 Å². The fraction of sp³-hybridized carbons (Fsp3) is 0.500. The Bertz CT molecular complexity index is 580. The lowest BCUT2D eigenvalue weighted by Gasteiger charge is -2.24. The summed E-state index contributed by atoms with van der Waals surface area (Å²) in [7, 11) is 0. The van der Waals surface area contributed by atoms with Gasteiger partial charge >= 0.3 is 5.97 Å². The van der Waals surface area contributed by atoms with Crippen molar-refractivity contribution in [3.05, 3.63) is 35.6 Å². The zero-order valence-corrected chi connectivity index (χ0v) is 11.9. The summed E-state index contributed by atoms with van der Waals surface area (Å²) in [6, 6.07) is 6.34. The molecule has 1 heterocycles. The number of hydrogen-bond acceptors (Lipinski definition) is 2. The molecule has 2 fully saturated rings. The van der Waals surface area contributed by atoms with E-state index < -0.39 is 11.4 Å². The Kier molecular flexibility index (Phi) is 3.23. The minimum absolute atomic E-state index is 0.0179. The van der Waals surface area contributed by atoms with Gasteiger partial charge in [-0.25, -0.2) is 4.39 Å². The highest BCUT2D eigenvalue weighted by Gasteiger charge is 2.59. The van der Waals surface area contributed by atoms with Crippen LogP contribution in [0, 0.1) is 11.2 Å². The van der Waals surface area contributed by atoms with E-state index >= 15 is 0 Å². The number of rotatable bonds is 3. The number of aliphatic carboxylic acids is 1. The van der Waals surface area contributed by atoms with E-state index in [0.29, 0.717) is 19.4 Å². The molecule has 0 spiro atoms. The first-order valence-electron chi connectivity index (χ1n) is 7.24. The molecule has 3 rings (SSSR count). The predicted molar refractivity (Wildman–Crippen MR) is 74.2 cm³/mol.